The van der Waals surface area contributed by atoms with Crippen LogP contribution in [0.25, 0.3) is 0 Å². The predicted molar refractivity (Wildman–Crippen MR) is 75.6 cm³/mol. The van der Waals surface area contributed by atoms with Gasteiger partial charge >= 0.3 is 0 Å². The molecule has 1 aromatic carbocycles. The molecule has 0 atom stereocenters. The molecule has 4 heteroatoms. The maximum Gasteiger partial charge on any atom is 0.220 e. The van der Waals surface area contributed by atoms with Crippen LogP contribution in [0.15, 0.2) is 18.2 Å². The van der Waals surface area contributed by atoms with Gasteiger partial charge in [-0.05, 0) is 37.0 Å². The lowest BCUT2D eigenvalue weighted by Gasteiger charge is -2.08. The van der Waals surface area contributed by atoms with Crippen LogP contribution in [0.2, 0.25) is 0 Å². The fourth-order valence-corrected chi connectivity index (χ4v) is 1.93. The molecule has 0 aliphatic carbocycles. The van der Waals surface area contributed by atoms with E-state index in [0.29, 0.717) is 19.6 Å². The number of amides is 1. The Kier molecular flexibility index (Phi) is 6.97. The van der Waals surface area contributed by atoms with E-state index in [1.165, 1.54) is 5.56 Å². The van der Waals surface area contributed by atoms with E-state index >= 15 is 0 Å². The summed E-state index contributed by atoms with van der Waals surface area (Å²) in [6.45, 7) is 3.17. The normalized spacial score (nSPS) is 10.3. The van der Waals surface area contributed by atoms with E-state index in [2.05, 4.69) is 17.4 Å². The molecule has 1 N–H and O–H groups in total. The Morgan fingerprint density at radius 1 is 1.32 bits per heavy atom. The molecule has 4 nitrogen and oxygen atoms in total. The zero-order valence-corrected chi connectivity index (χ0v) is 12.0. The number of hydrogen-bond acceptors (Lipinski definition) is 3. The summed E-state index contributed by atoms with van der Waals surface area (Å²) in [6, 6.07) is 6.14. The van der Waals surface area contributed by atoms with Gasteiger partial charge in [-0.2, -0.15) is 0 Å². The fourth-order valence-electron chi connectivity index (χ4n) is 1.93. The van der Waals surface area contributed by atoms with Crippen molar-refractivity contribution in [3.63, 3.8) is 0 Å². The number of ether oxygens (including phenoxy) is 2. The van der Waals surface area contributed by atoms with Gasteiger partial charge in [0, 0.05) is 20.1 Å². The summed E-state index contributed by atoms with van der Waals surface area (Å²) in [5.41, 5.74) is 2.37. The van der Waals surface area contributed by atoms with Crippen molar-refractivity contribution in [3.8, 4) is 5.75 Å². The average Bonchev–Trinajstić information content (AvgIpc) is 2.39. The molecular weight excluding hydrogens is 242 g/mol. The van der Waals surface area contributed by atoms with Crippen molar-refractivity contribution in [2.75, 3.05) is 27.4 Å². The van der Waals surface area contributed by atoms with E-state index in [-0.39, 0.29) is 5.91 Å². The van der Waals surface area contributed by atoms with Crippen molar-refractivity contribution < 1.29 is 14.3 Å². The highest BCUT2D eigenvalue weighted by Gasteiger charge is 2.03. The van der Waals surface area contributed by atoms with Crippen molar-refractivity contribution in [1.29, 1.82) is 0 Å². The van der Waals surface area contributed by atoms with Crippen LogP contribution in [0.4, 0.5) is 0 Å². The Balaban J connectivity index is 2.29. The number of aryl methyl sites for hydroxylation is 2. The molecule has 106 valence electrons. The maximum absolute atomic E-state index is 11.5. The molecule has 1 rings (SSSR count). The van der Waals surface area contributed by atoms with Crippen LogP contribution in [-0.4, -0.2) is 33.3 Å². The average molecular weight is 265 g/mol. The van der Waals surface area contributed by atoms with Crippen molar-refractivity contribution in [1.82, 2.24) is 5.32 Å². The minimum Gasteiger partial charge on any atom is -0.496 e. The molecule has 0 fully saturated rings. The molecular formula is C15H23NO3. The van der Waals surface area contributed by atoms with Gasteiger partial charge in [-0.25, -0.2) is 0 Å². The Bertz CT molecular complexity index is 404. The van der Waals surface area contributed by atoms with Crippen LogP contribution in [0.5, 0.6) is 5.75 Å². The quantitative estimate of drug-likeness (QED) is 0.732. The van der Waals surface area contributed by atoms with Crippen LogP contribution in [-0.2, 0) is 16.0 Å². The summed E-state index contributed by atoms with van der Waals surface area (Å²) in [7, 11) is 3.30. The van der Waals surface area contributed by atoms with Gasteiger partial charge in [0.05, 0.1) is 13.7 Å². The third-order valence-corrected chi connectivity index (χ3v) is 2.96. The van der Waals surface area contributed by atoms with Gasteiger partial charge in [0.2, 0.25) is 5.91 Å². The fraction of sp³-hybridized carbons (Fsp3) is 0.533. The van der Waals surface area contributed by atoms with E-state index < -0.39 is 0 Å². The zero-order valence-electron chi connectivity index (χ0n) is 12.0. The second-order valence-electron chi connectivity index (χ2n) is 4.50. The minimum absolute atomic E-state index is 0.0854. The molecule has 0 aliphatic heterocycles. The van der Waals surface area contributed by atoms with E-state index in [1.54, 1.807) is 14.2 Å². The minimum atomic E-state index is 0.0854. The molecule has 0 radical (unpaired) electrons. The first-order valence-electron chi connectivity index (χ1n) is 6.56. The predicted octanol–water partition coefficient (Wildman–Crippen LogP) is 2.09. The summed E-state index contributed by atoms with van der Waals surface area (Å²) in [5, 5.41) is 2.82. The van der Waals surface area contributed by atoms with Gasteiger partial charge in [-0.15, -0.1) is 0 Å². The summed E-state index contributed by atoms with van der Waals surface area (Å²) in [6.07, 6.45) is 2.31. The van der Waals surface area contributed by atoms with E-state index in [0.717, 1.165) is 24.2 Å². The van der Waals surface area contributed by atoms with Gasteiger partial charge in [-0.3, -0.25) is 4.79 Å². The van der Waals surface area contributed by atoms with Crippen LogP contribution in [0.3, 0.4) is 0 Å². The standard InChI is InChI=1S/C15H23NO3/c1-12-11-13(7-8-14(12)19-3)5-4-6-15(17)16-9-10-18-2/h7-8,11H,4-6,9-10H2,1-3H3,(H,16,17). The molecule has 0 heterocycles. The first-order chi connectivity index (χ1) is 9.17. The van der Waals surface area contributed by atoms with Crippen molar-refractivity contribution in [3.05, 3.63) is 29.3 Å². The number of hydrogen-bond donors (Lipinski definition) is 1. The maximum atomic E-state index is 11.5. The molecule has 0 aliphatic rings. The van der Waals surface area contributed by atoms with Crippen molar-refractivity contribution >= 4 is 5.91 Å². The van der Waals surface area contributed by atoms with E-state index in [9.17, 15) is 4.79 Å². The molecule has 0 saturated heterocycles. The number of benzene rings is 1. The zero-order chi connectivity index (χ0) is 14.1. The number of carbonyl (C=O) groups is 1. The molecule has 19 heavy (non-hydrogen) atoms. The lowest BCUT2D eigenvalue weighted by atomic mass is 10.0. The highest BCUT2D eigenvalue weighted by Crippen LogP contribution is 2.19. The molecule has 0 saturated carbocycles. The third-order valence-electron chi connectivity index (χ3n) is 2.96. The summed E-state index contributed by atoms with van der Waals surface area (Å²) in [4.78, 5) is 11.5. The van der Waals surface area contributed by atoms with Gasteiger partial charge in [0.1, 0.15) is 5.75 Å². The van der Waals surface area contributed by atoms with Crippen LogP contribution in [0, 0.1) is 6.92 Å². The number of rotatable bonds is 8. The number of nitrogens with one attached hydrogen (secondary N) is 1. The SMILES string of the molecule is COCCNC(=O)CCCc1ccc(OC)c(C)c1. The van der Waals surface area contributed by atoms with E-state index in [1.807, 2.05) is 13.0 Å². The van der Waals surface area contributed by atoms with Gasteiger partial charge < -0.3 is 14.8 Å². The van der Waals surface area contributed by atoms with Crippen LogP contribution in [0.1, 0.15) is 24.0 Å². The Labute approximate surface area is 115 Å². The molecule has 0 bridgehead atoms. The van der Waals surface area contributed by atoms with Crippen LogP contribution >= 0.6 is 0 Å². The molecule has 1 aromatic rings. The first kappa shape index (κ1) is 15.5. The topological polar surface area (TPSA) is 47.6 Å². The summed E-state index contributed by atoms with van der Waals surface area (Å²) < 4.78 is 10.1. The highest BCUT2D eigenvalue weighted by molar-refractivity contribution is 5.75. The van der Waals surface area contributed by atoms with Gasteiger partial charge in [0.25, 0.3) is 0 Å². The smallest absolute Gasteiger partial charge is 0.220 e. The third kappa shape index (κ3) is 5.75. The second kappa shape index (κ2) is 8.53. The Hall–Kier alpha value is -1.55. The second-order valence-corrected chi connectivity index (χ2v) is 4.50. The Morgan fingerprint density at radius 2 is 2.11 bits per heavy atom. The van der Waals surface area contributed by atoms with Gasteiger partial charge in [-0.1, -0.05) is 12.1 Å². The molecule has 0 spiro atoms. The molecule has 0 aromatic heterocycles. The Morgan fingerprint density at radius 3 is 2.74 bits per heavy atom. The first-order valence-corrected chi connectivity index (χ1v) is 6.56. The lowest BCUT2D eigenvalue weighted by molar-refractivity contribution is -0.121. The monoisotopic (exact) mass is 265 g/mol. The largest absolute Gasteiger partial charge is 0.496 e. The molecule has 0 unspecified atom stereocenters. The number of carbonyl (C=O) groups excluding carboxylic acids is 1. The van der Waals surface area contributed by atoms with Crippen molar-refractivity contribution in [2.24, 2.45) is 0 Å². The highest BCUT2D eigenvalue weighted by atomic mass is 16.5. The van der Waals surface area contributed by atoms with Crippen molar-refractivity contribution in [2.45, 2.75) is 26.2 Å². The molecule has 1 amide bonds. The van der Waals surface area contributed by atoms with E-state index in [4.69, 9.17) is 9.47 Å². The van der Waals surface area contributed by atoms with Crippen LogP contribution < -0.4 is 10.1 Å². The van der Waals surface area contributed by atoms with Gasteiger partial charge in [0.15, 0.2) is 0 Å². The summed E-state index contributed by atoms with van der Waals surface area (Å²) in [5.74, 6) is 0.989. The summed E-state index contributed by atoms with van der Waals surface area (Å²) >= 11 is 0. The number of methoxy groups -OCH3 is 2. The lowest BCUT2D eigenvalue weighted by Crippen LogP contribution is -2.26.